The Hall–Kier alpha value is -0.610. The van der Waals surface area contributed by atoms with Crippen LogP contribution in [-0.2, 0) is 9.53 Å². The highest BCUT2D eigenvalue weighted by Crippen LogP contribution is 2.25. The molecule has 1 amide bonds. The first-order valence-corrected chi connectivity index (χ1v) is 6.80. The molecule has 1 rings (SSSR count). The number of hydrogen-bond donors (Lipinski definition) is 2. The van der Waals surface area contributed by atoms with Crippen LogP contribution in [0.15, 0.2) is 0 Å². The van der Waals surface area contributed by atoms with Crippen molar-refractivity contribution in [2.75, 3.05) is 19.8 Å². The average Bonchev–Trinajstić information content (AvgIpc) is 2.51. The molecule has 1 aliphatic rings. The summed E-state index contributed by atoms with van der Waals surface area (Å²) in [5.74, 6) is 0.0550. The summed E-state index contributed by atoms with van der Waals surface area (Å²) in [4.78, 5) is 11.2. The molecule has 0 heterocycles. The van der Waals surface area contributed by atoms with Crippen molar-refractivity contribution in [2.24, 2.45) is 5.73 Å². The molecule has 0 aromatic rings. The molecule has 0 aromatic heterocycles. The van der Waals surface area contributed by atoms with E-state index in [1.807, 2.05) is 6.92 Å². The predicted octanol–water partition coefficient (Wildman–Crippen LogP) is 1.58. The van der Waals surface area contributed by atoms with Crippen LogP contribution in [0, 0.1) is 0 Å². The highest BCUT2D eigenvalue weighted by Gasteiger charge is 2.26. The number of amides is 1. The molecule has 0 unspecified atom stereocenters. The lowest BCUT2D eigenvalue weighted by molar-refractivity contribution is -0.122. The molecule has 17 heavy (non-hydrogen) atoms. The molecule has 0 saturated heterocycles. The summed E-state index contributed by atoms with van der Waals surface area (Å²) in [5, 5.41) is 2.75. The number of ether oxygens (including phenoxy) is 1. The summed E-state index contributed by atoms with van der Waals surface area (Å²) in [5.41, 5.74) is 6.15. The topological polar surface area (TPSA) is 64.3 Å². The van der Waals surface area contributed by atoms with Gasteiger partial charge < -0.3 is 15.8 Å². The molecule has 1 aliphatic carbocycles. The third-order valence-electron chi connectivity index (χ3n) is 3.34. The van der Waals surface area contributed by atoms with Crippen molar-refractivity contribution < 1.29 is 9.53 Å². The lowest BCUT2D eigenvalue weighted by Crippen LogP contribution is -2.44. The second-order valence-electron chi connectivity index (χ2n) is 5.03. The molecule has 4 nitrogen and oxygen atoms in total. The van der Waals surface area contributed by atoms with Crippen LogP contribution in [0.4, 0.5) is 0 Å². The van der Waals surface area contributed by atoms with Crippen molar-refractivity contribution in [3.05, 3.63) is 0 Å². The Bertz CT molecular complexity index is 223. The molecule has 4 heteroatoms. The van der Waals surface area contributed by atoms with Crippen LogP contribution in [0.5, 0.6) is 0 Å². The van der Waals surface area contributed by atoms with Crippen molar-refractivity contribution in [2.45, 2.75) is 57.4 Å². The van der Waals surface area contributed by atoms with E-state index in [1.54, 1.807) is 0 Å². The fourth-order valence-corrected chi connectivity index (χ4v) is 2.30. The van der Waals surface area contributed by atoms with E-state index in [-0.39, 0.29) is 11.4 Å². The Kier molecular flexibility index (Phi) is 6.52. The van der Waals surface area contributed by atoms with Gasteiger partial charge in [0.05, 0.1) is 13.2 Å². The Morgan fingerprint density at radius 1 is 1.29 bits per heavy atom. The van der Waals surface area contributed by atoms with E-state index in [4.69, 9.17) is 10.5 Å². The van der Waals surface area contributed by atoms with E-state index in [0.29, 0.717) is 26.2 Å². The molecule has 3 N–H and O–H groups in total. The fourth-order valence-electron chi connectivity index (χ4n) is 2.30. The maximum atomic E-state index is 11.2. The molecule has 0 aliphatic heterocycles. The minimum absolute atomic E-state index is 0.0550. The Morgan fingerprint density at radius 2 is 1.94 bits per heavy atom. The summed E-state index contributed by atoms with van der Waals surface area (Å²) in [6.07, 6.45) is 7.52. The van der Waals surface area contributed by atoms with E-state index >= 15 is 0 Å². The van der Waals surface area contributed by atoms with E-state index in [0.717, 1.165) is 12.8 Å². The third-order valence-corrected chi connectivity index (χ3v) is 3.34. The monoisotopic (exact) mass is 242 g/mol. The Balaban J connectivity index is 2.13. The minimum Gasteiger partial charge on any atom is -0.379 e. The lowest BCUT2D eigenvalue weighted by atomic mass is 9.93. The molecule has 0 aromatic carbocycles. The lowest BCUT2D eigenvalue weighted by Gasteiger charge is -2.27. The smallest absolute Gasteiger partial charge is 0.222 e. The zero-order valence-electron chi connectivity index (χ0n) is 11.0. The van der Waals surface area contributed by atoms with Gasteiger partial charge in [-0.05, 0) is 19.8 Å². The second kappa shape index (κ2) is 7.67. The largest absolute Gasteiger partial charge is 0.379 e. The first kappa shape index (κ1) is 14.5. The fraction of sp³-hybridized carbons (Fsp3) is 0.923. The number of carbonyl (C=O) groups is 1. The van der Waals surface area contributed by atoms with Crippen molar-refractivity contribution in [3.63, 3.8) is 0 Å². The maximum Gasteiger partial charge on any atom is 0.222 e. The highest BCUT2D eigenvalue weighted by atomic mass is 16.5. The van der Waals surface area contributed by atoms with Gasteiger partial charge in [-0.2, -0.15) is 0 Å². The first-order valence-electron chi connectivity index (χ1n) is 6.80. The number of hydrogen-bond acceptors (Lipinski definition) is 3. The number of rotatable bonds is 6. The van der Waals surface area contributed by atoms with Gasteiger partial charge in [-0.15, -0.1) is 0 Å². The zero-order valence-corrected chi connectivity index (χ0v) is 11.0. The summed E-state index contributed by atoms with van der Waals surface area (Å²) in [7, 11) is 0. The number of nitrogens with two attached hydrogens (primary N) is 1. The van der Waals surface area contributed by atoms with Gasteiger partial charge in [0.2, 0.25) is 5.91 Å². The van der Waals surface area contributed by atoms with Gasteiger partial charge in [0.25, 0.3) is 0 Å². The van der Waals surface area contributed by atoms with E-state index in [2.05, 4.69) is 5.32 Å². The molecule has 0 spiro atoms. The van der Waals surface area contributed by atoms with Gasteiger partial charge in [-0.3, -0.25) is 4.79 Å². The van der Waals surface area contributed by atoms with Gasteiger partial charge in [-0.25, -0.2) is 0 Å². The predicted molar refractivity (Wildman–Crippen MR) is 68.7 cm³/mol. The van der Waals surface area contributed by atoms with E-state index in [9.17, 15) is 4.79 Å². The van der Waals surface area contributed by atoms with Crippen LogP contribution in [0.1, 0.15) is 51.9 Å². The molecular formula is C13H26N2O2. The van der Waals surface area contributed by atoms with Crippen LogP contribution < -0.4 is 11.1 Å². The molecule has 0 radical (unpaired) electrons. The summed E-state index contributed by atoms with van der Waals surface area (Å²) < 4.78 is 5.56. The molecule has 1 saturated carbocycles. The highest BCUT2D eigenvalue weighted by molar-refractivity contribution is 5.75. The van der Waals surface area contributed by atoms with E-state index < -0.39 is 0 Å². The van der Waals surface area contributed by atoms with E-state index in [1.165, 1.54) is 25.7 Å². The molecule has 100 valence electrons. The van der Waals surface area contributed by atoms with Crippen LogP contribution in [0.25, 0.3) is 0 Å². The van der Waals surface area contributed by atoms with Gasteiger partial charge in [0.1, 0.15) is 0 Å². The molecule has 0 bridgehead atoms. The summed E-state index contributed by atoms with van der Waals surface area (Å²) in [6, 6.07) is 0. The maximum absolute atomic E-state index is 11.2. The van der Waals surface area contributed by atoms with Crippen molar-refractivity contribution in [1.82, 2.24) is 5.32 Å². The standard InChI is InChI=1S/C13H26N2O2/c1-2-15-12(16)7-10-17-11-13(14)8-5-3-4-6-9-13/h2-11,14H2,1H3,(H,15,16). The minimum atomic E-state index is -0.155. The first-order chi connectivity index (χ1) is 8.16. The summed E-state index contributed by atoms with van der Waals surface area (Å²) in [6.45, 7) is 3.66. The van der Waals surface area contributed by atoms with Gasteiger partial charge >= 0.3 is 0 Å². The Morgan fingerprint density at radius 3 is 2.53 bits per heavy atom. The normalized spacial score (nSPS) is 19.6. The van der Waals surface area contributed by atoms with Crippen molar-refractivity contribution in [3.8, 4) is 0 Å². The van der Waals surface area contributed by atoms with Crippen LogP contribution in [0.3, 0.4) is 0 Å². The Labute approximate surface area is 104 Å². The van der Waals surface area contributed by atoms with Gasteiger partial charge in [-0.1, -0.05) is 25.7 Å². The summed E-state index contributed by atoms with van der Waals surface area (Å²) >= 11 is 0. The van der Waals surface area contributed by atoms with Crippen LogP contribution >= 0.6 is 0 Å². The number of carbonyl (C=O) groups excluding carboxylic acids is 1. The molecular weight excluding hydrogens is 216 g/mol. The molecule has 1 fully saturated rings. The van der Waals surface area contributed by atoms with Crippen LogP contribution in [-0.4, -0.2) is 31.2 Å². The number of nitrogens with one attached hydrogen (secondary N) is 1. The second-order valence-corrected chi connectivity index (χ2v) is 5.03. The van der Waals surface area contributed by atoms with Crippen LogP contribution in [0.2, 0.25) is 0 Å². The van der Waals surface area contributed by atoms with Gasteiger partial charge in [0, 0.05) is 18.5 Å². The van der Waals surface area contributed by atoms with Crippen molar-refractivity contribution >= 4 is 5.91 Å². The quantitative estimate of drug-likeness (QED) is 0.549. The zero-order chi connectivity index (χ0) is 12.6. The average molecular weight is 242 g/mol. The molecule has 0 atom stereocenters. The van der Waals surface area contributed by atoms with Gasteiger partial charge in [0.15, 0.2) is 0 Å². The SMILES string of the molecule is CCNC(=O)CCOCC1(N)CCCCCC1. The van der Waals surface area contributed by atoms with Crippen molar-refractivity contribution in [1.29, 1.82) is 0 Å². The third kappa shape index (κ3) is 6.03.